The Morgan fingerprint density at radius 1 is 1.44 bits per heavy atom. The van der Waals surface area contributed by atoms with E-state index in [0.29, 0.717) is 4.99 Å². The quantitative estimate of drug-likeness (QED) is 0.785. The van der Waals surface area contributed by atoms with Crippen LogP contribution in [0, 0.1) is 13.8 Å². The predicted molar refractivity (Wildman–Crippen MR) is 69.0 cm³/mol. The standard InChI is InChI=1S/C12H17NO2S/c1-7-4-10(12(13)16)5-8(2)11(7)15-6-9(3)14/h4-5,9,14H,6H2,1-3H3,(H2,13,16). The van der Waals surface area contributed by atoms with Crippen LogP contribution in [0.15, 0.2) is 12.1 Å². The summed E-state index contributed by atoms with van der Waals surface area (Å²) in [5, 5.41) is 9.17. The third-order valence-corrected chi connectivity index (χ3v) is 2.45. The van der Waals surface area contributed by atoms with E-state index in [2.05, 4.69) is 0 Å². The summed E-state index contributed by atoms with van der Waals surface area (Å²) >= 11 is 4.93. The molecule has 0 aromatic heterocycles. The number of benzene rings is 1. The zero-order valence-corrected chi connectivity index (χ0v) is 10.6. The highest BCUT2D eigenvalue weighted by atomic mass is 32.1. The van der Waals surface area contributed by atoms with Crippen molar-refractivity contribution in [2.45, 2.75) is 26.9 Å². The van der Waals surface area contributed by atoms with Crippen LogP contribution in [-0.4, -0.2) is 22.8 Å². The Kier molecular flexibility index (Phi) is 4.26. The number of hydrogen-bond acceptors (Lipinski definition) is 3. The van der Waals surface area contributed by atoms with E-state index >= 15 is 0 Å². The second-order valence-electron chi connectivity index (χ2n) is 3.96. The van der Waals surface area contributed by atoms with Gasteiger partial charge < -0.3 is 15.6 Å². The lowest BCUT2D eigenvalue weighted by atomic mass is 10.1. The number of aliphatic hydroxyl groups excluding tert-OH is 1. The first-order valence-corrected chi connectivity index (χ1v) is 5.54. The van der Waals surface area contributed by atoms with E-state index in [9.17, 15) is 5.11 Å². The molecule has 3 nitrogen and oxygen atoms in total. The van der Waals surface area contributed by atoms with Gasteiger partial charge in [-0.1, -0.05) is 12.2 Å². The van der Waals surface area contributed by atoms with E-state index in [0.717, 1.165) is 22.4 Å². The minimum atomic E-state index is -0.478. The first-order valence-electron chi connectivity index (χ1n) is 5.13. The second kappa shape index (κ2) is 5.27. The van der Waals surface area contributed by atoms with Crippen LogP contribution in [0.4, 0.5) is 0 Å². The number of ether oxygens (including phenoxy) is 1. The normalized spacial score (nSPS) is 12.2. The molecule has 0 radical (unpaired) electrons. The van der Waals surface area contributed by atoms with Gasteiger partial charge in [0.25, 0.3) is 0 Å². The summed E-state index contributed by atoms with van der Waals surface area (Å²) in [7, 11) is 0. The summed E-state index contributed by atoms with van der Waals surface area (Å²) in [5.41, 5.74) is 8.37. The topological polar surface area (TPSA) is 55.5 Å². The van der Waals surface area contributed by atoms with E-state index in [1.165, 1.54) is 0 Å². The van der Waals surface area contributed by atoms with Gasteiger partial charge in [0, 0.05) is 5.56 Å². The summed E-state index contributed by atoms with van der Waals surface area (Å²) in [6, 6.07) is 3.79. The average Bonchev–Trinajstić information content (AvgIpc) is 2.15. The van der Waals surface area contributed by atoms with Gasteiger partial charge in [-0.3, -0.25) is 0 Å². The van der Waals surface area contributed by atoms with Crippen molar-refractivity contribution in [3.63, 3.8) is 0 Å². The van der Waals surface area contributed by atoms with Crippen LogP contribution in [0.2, 0.25) is 0 Å². The third kappa shape index (κ3) is 3.18. The zero-order chi connectivity index (χ0) is 12.3. The number of aliphatic hydroxyl groups is 1. The van der Waals surface area contributed by atoms with Crippen molar-refractivity contribution in [3.05, 3.63) is 28.8 Å². The van der Waals surface area contributed by atoms with Crippen molar-refractivity contribution >= 4 is 17.2 Å². The Morgan fingerprint density at radius 2 is 1.94 bits per heavy atom. The second-order valence-corrected chi connectivity index (χ2v) is 4.40. The lowest BCUT2D eigenvalue weighted by Gasteiger charge is -2.14. The molecule has 0 spiro atoms. The van der Waals surface area contributed by atoms with E-state index in [1.807, 2.05) is 26.0 Å². The molecule has 1 aromatic rings. The minimum absolute atomic E-state index is 0.286. The van der Waals surface area contributed by atoms with Crippen LogP contribution in [0.5, 0.6) is 5.75 Å². The molecule has 0 aliphatic heterocycles. The maximum absolute atomic E-state index is 9.17. The first kappa shape index (κ1) is 12.9. The number of nitrogens with two attached hydrogens (primary N) is 1. The molecule has 0 heterocycles. The maximum Gasteiger partial charge on any atom is 0.125 e. The Hall–Kier alpha value is -1.13. The molecule has 0 saturated heterocycles. The molecule has 0 saturated carbocycles. The van der Waals surface area contributed by atoms with Gasteiger partial charge in [-0.2, -0.15) is 0 Å². The molecule has 4 heteroatoms. The van der Waals surface area contributed by atoms with E-state index in [1.54, 1.807) is 6.92 Å². The summed E-state index contributed by atoms with van der Waals surface area (Å²) < 4.78 is 5.53. The van der Waals surface area contributed by atoms with Crippen molar-refractivity contribution < 1.29 is 9.84 Å². The van der Waals surface area contributed by atoms with Gasteiger partial charge in [0.1, 0.15) is 17.3 Å². The molecule has 0 fully saturated rings. The molecule has 1 atom stereocenters. The highest BCUT2D eigenvalue weighted by Gasteiger charge is 2.08. The molecule has 1 unspecified atom stereocenters. The Morgan fingerprint density at radius 3 is 2.31 bits per heavy atom. The fraction of sp³-hybridized carbons (Fsp3) is 0.417. The van der Waals surface area contributed by atoms with E-state index < -0.39 is 6.10 Å². The summed E-state index contributed by atoms with van der Waals surface area (Å²) in [6.45, 7) is 5.85. The number of hydrogen-bond donors (Lipinski definition) is 2. The fourth-order valence-corrected chi connectivity index (χ4v) is 1.64. The van der Waals surface area contributed by atoms with E-state index in [-0.39, 0.29) is 6.61 Å². The summed E-state index contributed by atoms with van der Waals surface area (Å²) in [5.74, 6) is 0.793. The molecule has 1 rings (SSSR count). The van der Waals surface area contributed by atoms with Crippen LogP contribution < -0.4 is 10.5 Å². The van der Waals surface area contributed by atoms with Crippen LogP contribution in [0.25, 0.3) is 0 Å². The van der Waals surface area contributed by atoms with Crippen LogP contribution in [0.3, 0.4) is 0 Å². The number of rotatable bonds is 4. The SMILES string of the molecule is Cc1cc(C(N)=S)cc(C)c1OCC(C)O. The van der Waals surface area contributed by atoms with Gasteiger partial charge in [0.2, 0.25) is 0 Å². The van der Waals surface area contributed by atoms with E-state index in [4.69, 9.17) is 22.7 Å². The Labute approximate surface area is 101 Å². The van der Waals surface area contributed by atoms with Crippen molar-refractivity contribution in [1.82, 2.24) is 0 Å². The highest BCUT2D eigenvalue weighted by molar-refractivity contribution is 7.80. The lowest BCUT2D eigenvalue weighted by molar-refractivity contribution is 0.122. The minimum Gasteiger partial charge on any atom is -0.490 e. The van der Waals surface area contributed by atoms with Gasteiger partial charge in [-0.05, 0) is 44.0 Å². The molecule has 0 amide bonds. The maximum atomic E-state index is 9.17. The van der Waals surface area contributed by atoms with Gasteiger partial charge >= 0.3 is 0 Å². The van der Waals surface area contributed by atoms with Crippen molar-refractivity contribution in [2.24, 2.45) is 5.73 Å². The smallest absolute Gasteiger partial charge is 0.125 e. The lowest BCUT2D eigenvalue weighted by Crippen LogP contribution is -2.15. The highest BCUT2D eigenvalue weighted by Crippen LogP contribution is 2.24. The fourth-order valence-electron chi connectivity index (χ4n) is 1.52. The molecule has 3 N–H and O–H groups in total. The molecular weight excluding hydrogens is 222 g/mol. The monoisotopic (exact) mass is 239 g/mol. The van der Waals surface area contributed by atoms with Crippen molar-refractivity contribution in [3.8, 4) is 5.75 Å². The summed E-state index contributed by atoms with van der Waals surface area (Å²) in [4.78, 5) is 0.383. The Bertz CT molecular complexity index is 379. The molecule has 1 aromatic carbocycles. The first-order chi connectivity index (χ1) is 7.41. The molecule has 16 heavy (non-hydrogen) atoms. The molecule has 88 valence electrons. The third-order valence-electron chi connectivity index (χ3n) is 2.21. The van der Waals surface area contributed by atoms with Crippen molar-refractivity contribution in [2.75, 3.05) is 6.61 Å². The van der Waals surface area contributed by atoms with Crippen LogP contribution in [-0.2, 0) is 0 Å². The number of thiocarbonyl (C=S) groups is 1. The molecule has 0 bridgehead atoms. The largest absolute Gasteiger partial charge is 0.490 e. The predicted octanol–water partition coefficient (Wildman–Crippen LogP) is 1.70. The van der Waals surface area contributed by atoms with Crippen molar-refractivity contribution in [1.29, 1.82) is 0 Å². The van der Waals surface area contributed by atoms with Gasteiger partial charge in [0.15, 0.2) is 0 Å². The van der Waals surface area contributed by atoms with Gasteiger partial charge in [-0.25, -0.2) is 0 Å². The molecule has 0 aliphatic carbocycles. The summed E-state index contributed by atoms with van der Waals surface area (Å²) in [6.07, 6.45) is -0.478. The number of aryl methyl sites for hydroxylation is 2. The van der Waals surface area contributed by atoms with Gasteiger partial charge in [-0.15, -0.1) is 0 Å². The molecular formula is C12H17NO2S. The van der Waals surface area contributed by atoms with Crippen LogP contribution in [0.1, 0.15) is 23.6 Å². The Balaban J connectivity index is 2.98. The average molecular weight is 239 g/mol. The zero-order valence-electron chi connectivity index (χ0n) is 9.78. The van der Waals surface area contributed by atoms with Gasteiger partial charge in [0.05, 0.1) is 6.10 Å². The molecule has 0 aliphatic rings. The van der Waals surface area contributed by atoms with Crippen LogP contribution >= 0.6 is 12.2 Å².